The third-order valence-electron chi connectivity index (χ3n) is 6.74. The highest BCUT2D eigenvalue weighted by Crippen LogP contribution is 2.36. The van der Waals surface area contributed by atoms with Crippen molar-refractivity contribution in [1.82, 2.24) is 4.90 Å². The van der Waals surface area contributed by atoms with E-state index in [1.165, 1.54) is 0 Å². The van der Waals surface area contributed by atoms with E-state index in [1.807, 2.05) is 24.3 Å². The first-order valence-corrected chi connectivity index (χ1v) is 13.8. The van der Waals surface area contributed by atoms with Crippen LogP contribution >= 0.6 is 0 Å². The molecule has 2 atom stereocenters. The minimum absolute atomic E-state index is 0.0330. The van der Waals surface area contributed by atoms with Gasteiger partial charge >= 0.3 is 11.9 Å². The minimum Gasteiger partial charge on any atom is -0.479 e. The largest absolute Gasteiger partial charge is 0.479 e. The van der Waals surface area contributed by atoms with E-state index in [9.17, 15) is 14.7 Å². The Morgan fingerprint density at radius 2 is 1.41 bits per heavy atom. The standard InChI is InChI=1S/C26H35NO3.C8H8O3/c1-18(2)26(29)30-25-13-12-21(17-28)16-24(25)23(22-10-8-7-9-11-22)14-15-27(19(3)4)20(5)6;9-7(8(10)11)6-4-2-1-3-5-6/h7-13,16,19-20,23,28H,1,14-15,17H2,2-6H3;1-5,7,9H,(H,10,11). The van der Waals surface area contributed by atoms with Crippen molar-refractivity contribution in [3.63, 3.8) is 0 Å². The van der Waals surface area contributed by atoms with E-state index in [0.717, 1.165) is 29.7 Å². The van der Waals surface area contributed by atoms with Crippen molar-refractivity contribution in [1.29, 1.82) is 0 Å². The molecular weight excluding hydrogens is 518 g/mol. The molecule has 3 rings (SSSR count). The van der Waals surface area contributed by atoms with Crippen LogP contribution in [0.15, 0.2) is 91.0 Å². The number of aliphatic hydroxyl groups is 2. The molecule has 41 heavy (non-hydrogen) atoms. The summed E-state index contributed by atoms with van der Waals surface area (Å²) in [6.45, 7) is 15.0. The summed E-state index contributed by atoms with van der Waals surface area (Å²) in [6.07, 6.45) is -0.538. The molecule has 0 aliphatic rings. The lowest BCUT2D eigenvalue weighted by molar-refractivity contribution is -0.147. The van der Waals surface area contributed by atoms with Gasteiger partial charge in [0.25, 0.3) is 0 Å². The van der Waals surface area contributed by atoms with Crippen molar-refractivity contribution < 1.29 is 29.6 Å². The van der Waals surface area contributed by atoms with Crippen molar-refractivity contribution in [3.05, 3.63) is 113 Å². The maximum atomic E-state index is 12.2. The zero-order chi connectivity index (χ0) is 30.5. The van der Waals surface area contributed by atoms with Crippen LogP contribution in [0.3, 0.4) is 0 Å². The first-order valence-electron chi connectivity index (χ1n) is 13.8. The van der Waals surface area contributed by atoms with Gasteiger partial charge in [-0.25, -0.2) is 9.59 Å². The fourth-order valence-corrected chi connectivity index (χ4v) is 4.60. The average Bonchev–Trinajstić information content (AvgIpc) is 2.96. The highest BCUT2D eigenvalue weighted by molar-refractivity contribution is 5.89. The van der Waals surface area contributed by atoms with Crippen LogP contribution in [0.5, 0.6) is 5.75 Å². The molecule has 7 nitrogen and oxygen atoms in total. The number of ether oxygens (including phenoxy) is 1. The SMILES string of the molecule is C=C(C)C(=O)Oc1ccc(CO)cc1C(CCN(C(C)C)C(C)C)c1ccccc1.O=C(O)C(O)c1ccccc1. The molecule has 0 radical (unpaired) electrons. The minimum atomic E-state index is -1.41. The lowest BCUT2D eigenvalue weighted by atomic mass is 9.86. The lowest BCUT2D eigenvalue weighted by Crippen LogP contribution is -2.38. The second kappa shape index (κ2) is 16.5. The number of rotatable bonds is 12. The molecular formula is C34H43NO6. The summed E-state index contributed by atoms with van der Waals surface area (Å²) in [6, 6.07) is 24.9. The predicted octanol–water partition coefficient (Wildman–Crippen LogP) is 6.11. The molecule has 2 unspecified atom stereocenters. The van der Waals surface area contributed by atoms with Gasteiger partial charge in [0, 0.05) is 29.1 Å². The van der Waals surface area contributed by atoms with Gasteiger partial charge in [-0.15, -0.1) is 0 Å². The van der Waals surface area contributed by atoms with E-state index in [0.29, 0.717) is 29.0 Å². The van der Waals surface area contributed by atoms with E-state index in [1.54, 1.807) is 49.4 Å². The average molecular weight is 562 g/mol. The number of hydrogen-bond donors (Lipinski definition) is 3. The van der Waals surface area contributed by atoms with Gasteiger partial charge < -0.3 is 20.1 Å². The Kier molecular flexibility index (Phi) is 13.4. The molecule has 7 heteroatoms. The smallest absolute Gasteiger partial charge is 0.338 e. The van der Waals surface area contributed by atoms with Crippen LogP contribution in [0.2, 0.25) is 0 Å². The Morgan fingerprint density at radius 3 is 1.88 bits per heavy atom. The van der Waals surface area contributed by atoms with Crippen molar-refractivity contribution in [3.8, 4) is 5.75 Å². The number of carboxylic acid groups (broad SMARTS) is 1. The van der Waals surface area contributed by atoms with Crippen LogP contribution in [0.4, 0.5) is 0 Å². The van der Waals surface area contributed by atoms with E-state index in [2.05, 4.69) is 51.3 Å². The predicted molar refractivity (Wildman–Crippen MR) is 162 cm³/mol. The Balaban J connectivity index is 0.000000446. The molecule has 0 spiro atoms. The molecule has 0 aliphatic heterocycles. The van der Waals surface area contributed by atoms with E-state index in [-0.39, 0.29) is 12.5 Å². The Morgan fingerprint density at radius 1 is 0.878 bits per heavy atom. The summed E-state index contributed by atoms with van der Waals surface area (Å²) < 4.78 is 5.68. The number of nitrogens with zero attached hydrogens (tertiary/aromatic N) is 1. The second-order valence-corrected chi connectivity index (χ2v) is 10.5. The summed E-state index contributed by atoms with van der Waals surface area (Å²) in [5.41, 5.74) is 3.63. The zero-order valence-electron chi connectivity index (χ0n) is 24.7. The van der Waals surface area contributed by atoms with Crippen LogP contribution in [0, 0.1) is 0 Å². The first kappa shape index (κ1) is 33.4. The van der Waals surface area contributed by atoms with Gasteiger partial charge in [-0.3, -0.25) is 4.90 Å². The Labute approximate surface area is 243 Å². The van der Waals surface area contributed by atoms with Crippen LogP contribution < -0.4 is 4.74 Å². The molecule has 0 heterocycles. The highest BCUT2D eigenvalue weighted by Gasteiger charge is 2.23. The van der Waals surface area contributed by atoms with Gasteiger partial charge in [-0.05, 0) is 76.4 Å². The number of carbonyl (C=O) groups excluding carboxylic acids is 1. The van der Waals surface area contributed by atoms with E-state index < -0.39 is 18.0 Å². The van der Waals surface area contributed by atoms with E-state index in [4.69, 9.17) is 14.9 Å². The summed E-state index contributed by atoms with van der Waals surface area (Å²) >= 11 is 0. The Bertz CT molecular complexity index is 1250. The van der Waals surface area contributed by atoms with E-state index >= 15 is 0 Å². The summed E-state index contributed by atoms with van der Waals surface area (Å²) in [4.78, 5) is 25.0. The number of carboxylic acids is 1. The summed E-state index contributed by atoms with van der Waals surface area (Å²) in [5, 5.41) is 27.1. The monoisotopic (exact) mass is 561 g/mol. The molecule has 0 amide bonds. The molecule has 3 N–H and O–H groups in total. The maximum absolute atomic E-state index is 12.2. The van der Waals surface area contributed by atoms with Crippen molar-refractivity contribution >= 4 is 11.9 Å². The zero-order valence-corrected chi connectivity index (χ0v) is 24.7. The maximum Gasteiger partial charge on any atom is 0.338 e. The van der Waals surface area contributed by atoms with Crippen molar-refractivity contribution in [2.24, 2.45) is 0 Å². The quantitative estimate of drug-likeness (QED) is 0.139. The molecule has 0 saturated heterocycles. The topological polar surface area (TPSA) is 107 Å². The number of carbonyl (C=O) groups is 2. The van der Waals surface area contributed by atoms with Gasteiger partial charge in [0.2, 0.25) is 0 Å². The Hall–Kier alpha value is -3.78. The number of hydrogen-bond acceptors (Lipinski definition) is 6. The van der Waals surface area contributed by atoms with Crippen molar-refractivity contribution in [2.75, 3.05) is 6.54 Å². The van der Waals surface area contributed by atoms with Crippen LogP contribution in [0.1, 0.15) is 75.3 Å². The molecule has 0 aliphatic carbocycles. The molecule has 3 aromatic rings. The summed E-state index contributed by atoms with van der Waals surface area (Å²) in [7, 11) is 0. The third kappa shape index (κ3) is 10.3. The fourth-order valence-electron chi connectivity index (χ4n) is 4.60. The molecule has 0 saturated carbocycles. The number of benzene rings is 3. The summed E-state index contributed by atoms with van der Waals surface area (Å²) in [5.74, 6) is -1.11. The lowest BCUT2D eigenvalue weighted by Gasteiger charge is -2.32. The van der Waals surface area contributed by atoms with Crippen LogP contribution in [-0.2, 0) is 16.2 Å². The number of aliphatic hydroxyl groups excluding tert-OH is 2. The molecule has 0 bridgehead atoms. The molecule has 3 aromatic carbocycles. The molecule has 0 aromatic heterocycles. The van der Waals surface area contributed by atoms with Crippen LogP contribution in [0.25, 0.3) is 0 Å². The van der Waals surface area contributed by atoms with Gasteiger partial charge in [-0.2, -0.15) is 0 Å². The van der Waals surface area contributed by atoms with Gasteiger partial charge in [0.15, 0.2) is 6.10 Å². The normalized spacial score (nSPS) is 12.4. The molecule has 220 valence electrons. The number of esters is 1. The second-order valence-electron chi connectivity index (χ2n) is 10.5. The third-order valence-corrected chi connectivity index (χ3v) is 6.74. The van der Waals surface area contributed by atoms with Gasteiger partial charge in [-0.1, -0.05) is 73.3 Å². The molecule has 0 fully saturated rings. The van der Waals surface area contributed by atoms with Gasteiger partial charge in [0.1, 0.15) is 5.75 Å². The highest BCUT2D eigenvalue weighted by atomic mass is 16.5. The van der Waals surface area contributed by atoms with Crippen molar-refractivity contribution in [2.45, 2.75) is 71.8 Å². The van der Waals surface area contributed by atoms with Gasteiger partial charge in [0.05, 0.1) is 6.61 Å². The van der Waals surface area contributed by atoms with Crippen LogP contribution in [-0.4, -0.2) is 50.8 Å². The fraction of sp³-hybridized carbons (Fsp3) is 0.353. The number of aliphatic carboxylic acids is 1. The first-order chi connectivity index (χ1) is 19.5.